The third-order valence-electron chi connectivity index (χ3n) is 5.76. The smallest absolute Gasteiger partial charge is 0.263 e. The fraction of sp³-hybridized carbons (Fsp3) is 0.192. The lowest BCUT2D eigenvalue weighted by Crippen LogP contribution is -2.29. The summed E-state index contributed by atoms with van der Waals surface area (Å²) >= 11 is 0. The van der Waals surface area contributed by atoms with Gasteiger partial charge >= 0.3 is 0 Å². The van der Waals surface area contributed by atoms with Crippen LogP contribution in [0.15, 0.2) is 83.9 Å². The predicted molar refractivity (Wildman–Crippen MR) is 129 cm³/mol. The van der Waals surface area contributed by atoms with Crippen LogP contribution in [-0.4, -0.2) is 21.1 Å². The molecule has 0 bridgehead atoms. The average Bonchev–Trinajstić information content (AvgIpc) is 2.86. The second-order valence-electron chi connectivity index (χ2n) is 8.06. The molecule has 0 unspecified atom stereocenters. The number of aromatic nitrogens is 3. The van der Waals surface area contributed by atoms with Gasteiger partial charge in [-0.1, -0.05) is 49.4 Å². The van der Waals surface area contributed by atoms with Gasteiger partial charge in [-0.15, -0.1) is 0 Å². The van der Waals surface area contributed by atoms with Crippen LogP contribution in [0.1, 0.15) is 18.5 Å². The zero-order valence-corrected chi connectivity index (χ0v) is 18.6. The first-order chi connectivity index (χ1) is 16.0. The molecule has 4 aromatic rings. The minimum Gasteiger partial charge on any atom is -0.355 e. The van der Waals surface area contributed by atoms with E-state index in [1.807, 2.05) is 30.3 Å². The van der Waals surface area contributed by atoms with Crippen molar-refractivity contribution in [3.8, 4) is 22.4 Å². The Kier molecular flexibility index (Phi) is 6.60. The number of benzene rings is 2. The van der Waals surface area contributed by atoms with Gasteiger partial charge in [0.15, 0.2) is 0 Å². The van der Waals surface area contributed by atoms with Gasteiger partial charge in [-0.3, -0.25) is 14.3 Å². The zero-order valence-electron chi connectivity index (χ0n) is 18.6. The molecule has 4 rings (SSSR count). The van der Waals surface area contributed by atoms with Crippen LogP contribution in [0, 0.1) is 11.7 Å². The van der Waals surface area contributed by atoms with Gasteiger partial charge in [0.25, 0.3) is 5.56 Å². The number of nitrogens with two attached hydrogens (primary N) is 1. The number of rotatable bonds is 7. The molecule has 2 atom stereocenters. The van der Waals surface area contributed by atoms with E-state index in [9.17, 15) is 9.18 Å². The Bertz CT molecular complexity index is 1270. The van der Waals surface area contributed by atoms with Crippen LogP contribution >= 0.6 is 0 Å². The molecule has 0 aliphatic rings. The van der Waals surface area contributed by atoms with Crippen molar-refractivity contribution < 1.29 is 4.39 Å². The summed E-state index contributed by atoms with van der Waals surface area (Å²) in [5, 5.41) is 3.30. The highest BCUT2D eigenvalue weighted by Crippen LogP contribution is 2.29. The third kappa shape index (κ3) is 4.83. The van der Waals surface area contributed by atoms with Crippen molar-refractivity contribution in [2.75, 3.05) is 11.9 Å². The largest absolute Gasteiger partial charge is 0.355 e. The van der Waals surface area contributed by atoms with E-state index in [-0.39, 0.29) is 23.3 Å². The molecule has 6 nitrogen and oxygen atoms in total. The molecule has 2 aromatic heterocycles. The Morgan fingerprint density at radius 1 is 1.00 bits per heavy atom. The van der Waals surface area contributed by atoms with Crippen molar-refractivity contribution in [3.05, 3.63) is 101 Å². The second-order valence-corrected chi connectivity index (χ2v) is 8.06. The Balaban J connectivity index is 1.70. The second kappa shape index (κ2) is 9.75. The summed E-state index contributed by atoms with van der Waals surface area (Å²) in [4.78, 5) is 22.3. The molecule has 0 saturated carbocycles. The fourth-order valence-corrected chi connectivity index (χ4v) is 3.74. The van der Waals surface area contributed by atoms with Crippen LogP contribution in [0.3, 0.4) is 0 Å². The highest BCUT2D eigenvalue weighted by molar-refractivity contribution is 5.80. The number of nitrogens with one attached hydrogen (secondary N) is 1. The van der Waals surface area contributed by atoms with Crippen molar-refractivity contribution in [2.24, 2.45) is 18.7 Å². The summed E-state index contributed by atoms with van der Waals surface area (Å²) in [5.41, 5.74) is 9.52. The minimum atomic E-state index is -0.365. The van der Waals surface area contributed by atoms with Crippen LogP contribution in [-0.2, 0) is 7.05 Å². The van der Waals surface area contributed by atoms with E-state index in [1.165, 1.54) is 16.7 Å². The lowest BCUT2D eigenvalue weighted by Gasteiger charge is -2.22. The number of nitrogens with zero attached hydrogens (tertiary/aromatic N) is 3. The van der Waals surface area contributed by atoms with E-state index < -0.39 is 0 Å². The van der Waals surface area contributed by atoms with Crippen molar-refractivity contribution >= 4 is 5.95 Å². The highest BCUT2D eigenvalue weighted by Gasteiger charge is 2.20. The minimum absolute atomic E-state index is 0.0884. The highest BCUT2D eigenvalue weighted by atomic mass is 19.1. The number of anilines is 1. The molecular formula is C26H26FN5O. The van der Waals surface area contributed by atoms with Crippen molar-refractivity contribution in [1.82, 2.24) is 14.5 Å². The lowest BCUT2D eigenvalue weighted by atomic mass is 9.95. The molecule has 0 saturated heterocycles. The van der Waals surface area contributed by atoms with Gasteiger partial charge in [-0.05, 0) is 41.3 Å². The van der Waals surface area contributed by atoms with Gasteiger partial charge in [0.2, 0.25) is 5.95 Å². The van der Waals surface area contributed by atoms with Crippen molar-refractivity contribution in [2.45, 2.75) is 13.0 Å². The van der Waals surface area contributed by atoms with Gasteiger partial charge < -0.3 is 11.1 Å². The molecule has 7 heteroatoms. The van der Waals surface area contributed by atoms with E-state index >= 15 is 0 Å². The standard InChI is InChI=1S/C26H26FN5O/c1-17(23(28)19-6-4-3-5-7-19)16-30-26-31-24(20-12-14-29-15-13-20)22(25(33)32(26)2)18-8-10-21(27)11-9-18/h3-15,17,23H,16,28H2,1-2H3,(H,30,31)/t17-,23-/m0/s1. The normalized spacial score (nSPS) is 12.8. The molecule has 168 valence electrons. The van der Waals surface area contributed by atoms with Crippen LogP contribution in [0.2, 0.25) is 0 Å². The molecule has 0 fully saturated rings. The molecule has 2 heterocycles. The SMILES string of the molecule is C[C@@H](CNc1nc(-c2ccncc2)c(-c2ccc(F)cc2)c(=O)n1C)[C@H](N)c1ccccc1. The van der Waals surface area contributed by atoms with Crippen LogP contribution in [0.25, 0.3) is 22.4 Å². The maximum Gasteiger partial charge on any atom is 0.263 e. The molecule has 0 radical (unpaired) electrons. The first-order valence-corrected chi connectivity index (χ1v) is 10.8. The van der Waals surface area contributed by atoms with Crippen LogP contribution in [0.4, 0.5) is 10.3 Å². The van der Waals surface area contributed by atoms with Gasteiger partial charge in [0, 0.05) is 37.6 Å². The summed E-state index contributed by atoms with van der Waals surface area (Å²) in [5.74, 6) is 0.159. The first kappa shape index (κ1) is 22.4. The first-order valence-electron chi connectivity index (χ1n) is 10.8. The number of hydrogen-bond donors (Lipinski definition) is 2. The quantitative estimate of drug-likeness (QED) is 0.442. The Morgan fingerprint density at radius 2 is 1.67 bits per heavy atom. The van der Waals surface area contributed by atoms with E-state index in [0.717, 1.165) is 11.1 Å². The fourth-order valence-electron chi connectivity index (χ4n) is 3.74. The molecule has 2 aromatic carbocycles. The van der Waals surface area contributed by atoms with Gasteiger partial charge in [0.1, 0.15) is 5.82 Å². The Hall–Kier alpha value is -3.84. The van der Waals surface area contributed by atoms with E-state index in [2.05, 4.69) is 17.2 Å². The van der Waals surface area contributed by atoms with Crippen LogP contribution < -0.4 is 16.6 Å². The van der Waals surface area contributed by atoms with Gasteiger partial charge in [-0.2, -0.15) is 0 Å². The summed E-state index contributed by atoms with van der Waals surface area (Å²) in [6.45, 7) is 2.58. The predicted octanol–water partition coefficient (Wildman–Crippen LogP) is 4.40. The third-order valence-corrected chi connectivity index (χ3v) is 5.76. The van der Waals surface area contributed by atoms with Crippen molar-refractivity contribution in [3.63, 3.8) is 0 Å². The molecule has 0 amide bonds. The van der Waals surface area contributed by atoms with Crippen LogP contribution in [0.5, 0.6) is 0 Å². The average molecular weight is 444 g/mol. The van der Waals surface area contributed by atoms with Crippen molar-refractivity contribution in [1.29, 1.82) is 0 Å². The summed E-state index contributed by atoms with van der Waals surface area (Å²) in [6.07, 6.45) is 3.30. The van der Waals surface area contributed by atoms with Gasteiger partial charge in [0.05, 0.1) is 11.3 Å². The number of pyridine rings is 1. The maximum atomic E-state index is 13.5. The van der Waals surface area contributed by atoms with E-state index in [0.29, 0.717) is 29.3 Å². The molecule has 0 spiro atoms. The maximum absolute atomic E-state index is 13.5. The summed E-state index contributed by atoms with van der Waals surface area (Å²) in [7, 11) is 1.67. The van der Waals surface area contributed by atoms with E-state index in [1.54, 1.807) is 43.7 Å². The summed E-state index contributed by atoms with van der Waals surface area (Å²) < 4.78 is 15.0. The molecule has 33 heavy (non-hydrogen) atoms. The molecule has 3 N–H and O–H groups in total. The Morgan fingerprint density at radius 3 is 2.33 bits per heavy atom. The lowest BCUT2D eigenvalue weighted by molar-refractivity contribution is 0.491. The van der Waals surface area contributed by atoms with Gasteiger partial charge in [-0.25, -0.2) is 9.37 Å². The van der Waals surface area contributed by atoms with E-state index in [4.69, 9.17) is 10.7 Å². The zero-order chi connectivity index (χ0) is 23.4. The Labute approximate surface area is 192 Å². The molecule has 0 aliphatic heterocycles. The number of halogens is 1. The molecule has 0 aliphatic carbocycles. The monoisotopic (exact) mass is 443 g/mol. The topological polar surface area (TPSA) is 85.8 Å². The summed E-state index contributed by atoms with van der Waals surface area (Å²) in [6, 6.07) is 19.2. The molecular weight excluding hydrogens is 417 g/mol. The number of hydrogen-bond acceptors (Lipinski definition) is 5.